The molecule has 0 fully saturated rings. The topological polar surface area (TPSA) is 81.4 Å². The van der Waals surface area contributed by atoms with Crippen molar-refractivity contribution in [2.24, 2.45) is 5.73 Å². The fraction of sp³-hybridized carbons (Fsp3) is 0.368. The molecule has 0 unspecified atom stereocenters. The third-order valence-electron chi connectivity index (χ3n) is 4.24. The van der Waals surface area contributed by atoms with Gasteiger partial charge in [-0.05, 0) is 49.8 Å². The van der Waals surface area contributed by atoms with Crippen LogP contribution in [-0.4, -0.2) is 18.4 Å². The number of para-hydroxylation sites is 1. The minimum atomic E-state index is -0.481. The molecule has 1 aromatic carbocycles. The Balaban J connectivity index is 1.89. The zero-order valence-corrected chi connectivity index (χ0v) is 15.1. The van der Waals surface area contributed by atoms with Crippen molar-refractivity contribution in [3.63, 3.8) is 0 Å². The molecule has 0 atom stereocenters. The number of hydrogen-bond acceptors (Lipinski definition) is 4. The summed E-state index contributed by atoms with van der Waals surface area (Å²) >= 11 is 1.46. The Morgan fingerprint density at radius 1 is 1.24 bits per heavy atom. The number of aryl methyl sites for hydroxylation is 1. The third kappa shape index (κ3) is 3.69. The maximum Gasteiger partial charge on any atom is 0.260 e. The molecule has 1 aliphatic rings. The smallest absolute Gasteiger partial charge is 0.260 e. The quantitative estimate of drug-likeness (QED) is 0.825. The second-order valence-corrected chi connectivity index (χ2v) is 7.18. The van der Waals surface area contributed by atoms with E-state index in [1.54, 1.807) is 18.2 Å². The summed E-state index contributed by atoms with van der Waals surface area (Å²) in [4.78, 5) is 25.8. The van der Waals surface area contributed by atoms with Gasteiger partial charge in [0.2, 0.25) is 0 Å². The minimum absolute atomic E-state index is 0.284. The van der Waals surface area contributed by atoms with Gasteiger partial charge in [0.05, 0.1) is 17.7 Å². The van der Waals surface area contributed by atoms with Crippen LogP contribution in [-0.2, 0) is 12.8 Å². The van der Waals surface area contributed by atoms with Crippen molar-refractivity contribution >= 4 is 28.2 Å². The van der Waals surface area contributed by atoms with Crippen molar-refractivity contribution in [3.05, 3.63) is 45.8 Å². The zero-order valence-electron chi connectivity index (χ0n) is 14.3. The highest BCUT2D eigenvalue weighted by atomic mass is 32.1. The second-order valence-electron chi connectivity index (χ2n) is 6.08. The molecule has 0 spiro atoms. The molecule has 2 aromatic rings. The Bertz CT molecular complexity index is 798. The van der Waals surface area contributed by atoms with E-state index in [0.29, 0.717) is 28.5 Å². The molecule has 3 N–H and O–H groups in total. The summed E-state index contributed by atoms with van der Waals surface area (Å²) in [5.41, 5.74) is 7.52. The van der Waals surface area contributed by atoms with Gasteiger partial charge in [0.1, 0.15) is 10.8 Å². The fourth-order valence-corrected chi connectivity index (χ4v) is 4.37. The van der Waals surface area contributed by atoms with E-state index in [1.165, 1.54) is 11.3 Å². The highest BCUT2D eigenvalue weighted by Gasteiger charge is 2.25. The zero-order chi connectivity index (χ0) is 17.8. The van der Waals surface area contributed by atoms with Crippen LogP contribution in [0.4, 0.5) is 5.00 Å². The number of fused-ring (bicyclic) bond motifs is 1. The number of amides is 2. The monoisotopic (exact) mass is 358 g/mol. The van der Waals surface area contributed by atoms with Crippen LogP contribution in [0.1, 0.15) is 57.3 Å². The molecule has 5 nitrogen and oxygen atoms in total. The largest absolute Gasteiger partial charge is 0.493 e. The number of primary amides is 1. The number of thiophene rings is 1. The Morgan fingerprint density at radius 2 is 2.00 bits per heavy atom. The molecule has 0 saturated heterocycles. The molecular formula is C19H22N2O3S. The predicted molar refractivity (Wildman–Crippen MR) is 99.7 cm³/mol. The van der Waals surface area contributed by atoms with Gasteiger partial charge in [0.25, 0.3) is 11.8 Å². The number of benzene rings is 1. The Hall–Kier alpha value is -2.34. The standard InChI is InChI=1S/C19H22N2O3S/c1-2-11-24-14-9-5-3-7-12(14)18(23)21-19-16(17(20)22)13-8-4-6-10-15(13)25-19/h3,5,7,9H,2,4,6,8,10-11H2,1H3,(H2,20,22)(H,21,23). The lowest BCUT2D eigenvalue weighted by Crippen LogP contribution is -2.19. The minimum Gasteiger partial charge on any atom is -0.493 e. The SMILES string of the molecule is CCCOc1ccccc1C(=O)Nc1sc2c(c1C(N)=O)CCCC2. The van der Waals surface area contributed by atoms with Crippen LogP contribution >= 0.6 is 11.3 Å². The third-order valence-corrected chi connectivity index (χ3v) is 5.45. The van der Waals surface area contributed by atoms with Gasteiger partial charge in [0.15, 0.2) is 0 Å². The van der Waals surface area contributed by atoms with Crippen molar-refractivity contribution in [3.8, 4) is 5.75 Å². The lowest BCUT2D eigenvalue weighted by molar-refractivity contribution is 0.100. The first-order chi connectivity index (χ1) is 12.1. The molecule has 0 saturated carbocycles. The molecule has 3 rings (SSSR count). The van der Waals surface area contributed by atoms with Crippen LogP contribution in [0.5, 0.6) is 5.75 Å². The highest BCUT2D eigenvalue weighted by Crippen LogP contribution is 2.38. The second kappa shape index (κ2) is 7.70. The van der Waals surface area contributed by atoms with Crippen molar-refractivity contribution in [1.29, 1.82) is 0 Å². The van der Waals surface area contributed by atoms with Gasteiger partial charge in [-0.3, -0.25) is 9.59 Å². The van der Waals surface area contributed by atoms with Gasteiger partial charge in [0, 0.05) is 4.88 Å². The van der Waals surface area contributed by atoms with Gasteiger partial charge < -0.3 is 15.8 Å². The van der Waals surface area contributed by atoms with Gasteiger partial charge >= 0.3 is 0 Å². The van der Waals surface area contributed by atoms with Crippen LogP contribution in [0, 0.1) is 0 Å². The summed E-state index contributed by atoms with van der Waals surface area (Å²) < 4.78 is 5.66. The average molecular weight is 358 g/mol. The number of carbonyl (C=O) groups excluding carboxylic acids is 2. The normalized spacial score (nSPS) is 13.2. The van der Waals surface area contributed by atoms with Crippen molar-refractivity contribution in [2.45, 2.75) is 39.0 Å². The number of nitrogens with two attached hydrogens (primary N) is 1. The molecule has 0 aliphatic heterocycles. The number of ether oxygens (including phenoxy) is 1. The maximum absolute atomic E-state index is 12.7. The van der Waals surface area contributed by atoms with Crippen LogP contribution < -0.4 is 15.8 Å². The molecule has 1 aromatic heterocycles. The molecule has 1 aliphatic carbocycles. The highest BCUT2D eigenvalue weighted by molar-refractivity contribution is 7.17. The van der Waals surface area contributed by atoms with Gasteiger partial charge in [-0.25, -0.2) is 0 Å². The van der Waals surface area contributed by atoms with Crippen molar-refractivity contribution < 1.29 is 14.3 Å². The summed E-state index contributed by atoms with van der Waals surface area (Å²) in [5, 5.41) is 3.43. The molecule has 0 radical (unpaired) electrons. The molecular weight excluding hydrogens is 336 g/mol. The van der Waals surface area contributed by atoms with Crippen LogP contribution in [0.25, 0.3) is 0 Å². The maximum atomic E-state index is 12.7. The van der Waals surface area contributed by atoms with E-state index in [0.717, 1.165) is 42.5 Å². The van der Waals surface area contributed by atoms with Crippen LogP contribution in [0.3, 0.4) is 0 Å². The van der Waals surface area contributed by atoms with E-state index in [-0.39, 0.29) is 5.91 Å². The first-order valence-electron chi connectivity index (χ1n) is 8.59. The number of anilines is 1. The summed E-state index contributed by atoms with van der Waals surface area (Å²) in [6.45, 7) is 2.56. The van der Waals surface area contributed by atoms with Crippen molar-refractivity contribution in [2.75, 3.05) is 11.9 Å². The van der Waals surface area contributed by atoms with E-state index in [1.807, 2.05) is 13.0 Å². The number of carbonyl (C=O) groups is 2. The molecule has 132 valence electrons. The molecule has 1 heterocycles. The summed E-state index contributed by atoms with van der Waals surface area (Å²) in [7, 11) is 0. The Kier molecular flexibility index (Phi) is 5.38. The lowest BCUT2D eigenvalue weighted by atomic mass is 9.95. The van der Waals surface area contributed by atoms with E-state index >= 15 is 0 Å². The Morgan fingerprint density at radius 3 is 2.76 bits per heavy atom. The van der Waals surface area contributed by atoms with E-state index in [9.17, 15) is 9.59 Å². The van der Waals surface area contributed by atoms with Crippen molar-refractivity contribution in [1.82, 2.24) is 0 Å². The van der Waals surface area contributed by atoms with E-state index in [4.69, 9.17) is 10.5 Å². The summed E-state index contributed by atoms with van der Waals surface area (Å²) in [6, 6.07) is 7.12. The van der Waals surface area contributed by atoms with Crippen LogP contribution in [0.15, 0.2) is 24.3 Å². The van der Waals surface area contributed by atoms with Gasteiger partial charge in [-0.2, -0.15) is 0 Å². The molecule has 6 heteroatoms. The van der Waals surface area contributed by atoms with Crippen LogP contribution in [0.2, 0.25) is 0 Å². The van der Waals surface area contributed by atoms with Gasteiger partial charge in [-0.1, -0.05) is 19.1 Å². The number of nitrogens with one attached hydrogen (secondary N) is 1. The lowest BCUT2D eigenvalue weighted by Gasteiger charge is -2.12. The van der Waals surface area contributed by atoms with Gasteiger partial charge in [-0.15, -0.1) is 11.3 Å². The molecule has 2 amide bonds. The molecule has 0 bridgehead atoms. The fourth-order valence-electron chi connectivity index (χ4n) is 3.08. The number of rotatable bonds is 6. The molecule has 25 heavy (non-hydrogen) atoms. The summed E-state index contributed by atoms with van der Waals surface area (Å²) in [6.07, 6.45) is 4.79. The number of hydrogen-bond donors (Lipinski definition) is 2. The average Bonchev–Trinajstić information content (AvgIpc) is 2.98. The Labute approximate surface area is 151 Å². The first-order valence-corrected chi connectivity index (χ1v) is 9.41. The first kappa shape index (κ1) is 17.5. The predicted octanol–water partition coefficient (Wildman–Crippen LogP) is 3.77. The van der Waals surface area contributed by atoms with E-state index < -0.39 is 5.91 Å². The summed E-state index contributed by atoms with van der Waals surface area (Å²) in [5.74, 6) is -0.221. The van der Waals surface area contributed by atoms with E-state index in [2.05, 4.69) is 5.32 Å².